The van der Waals surface area contributed by atoms with Gasteiger partial charge in [0.2, 0.25) is 0 Å². The Balaban J connectivity index is 1.77. The van der Waals surface area contributed by atoms with Crippen LogP contribution in [0.2, 0.25) is 0 Å². The molecular formula is C20H19FN4O3. The fourth-order valence-corrected chi connectivity index (χ4v) is 3.99. The summed E-state index contributed by atoms with van der Waals surface area (Å²) in [5, 5.41) is 0. The van der Waals surface area contributed by atoms with Crippen LogP contribution in [0.25, 0.3) is 5.57 Å². The molecule has 144 valence electrons. The summed E-state index contributed by atoms with van der Waals surface area (Å²) in [5.41, 5.74) is 14.2. The first-order valence-electron chi connectivity index (χ1n) is 9.11. The van der Waals surface area contributed by atoms with Gasteiger partial charge in [-0.05, 0) is 36.3 Å². The summed E-state index contributed by atoms with van der Waals surface area (Å²) in [6.45, 7) is 1.38. The third kappa shape index (κ3) is 2.52. The summed E-state index contributed by atoms with van der Waals surface area (Å²) in [6, 6.07) is 7.07. The number of amidine groups is 1. The molecule has 3 aliphatic heterocycles. The van der Waals surface area contributed by atoms with Crippen LogP contribution in [-0.4, -0.2) is 30.8 Å². The van der Waals surface area contributed by atoms with E-state index in [0.717, 1.165) is 17.6 Å². The molecule has 0 fully saturated rings. The number of rotatable bonds is 1. The number of pyridine rings is 1. The summed E-state index contributed by atoms with van der Waals surface area (Å²) in [5.74, 6) is -0.160. The van der Waals surface area contributed by atoms with Crippen LogP contribution in [0.5, 0.6) is 11.5 Å². The standard InChI is InChI=1S/C20H19FN4O3/c21-18-17-14(9-15(24-18)11-2-1-6-26-10-11)20(5-7-27-19(23)25-20)13-8-12(22)3-4-16(13)28-17/h2-4,8-9H,1,5-7,10,22H2,(H2,23,25). The molecule has 0 amide bonds. The number of ether oxygens (including phenoxy) is 3. The van der Waals surface area contributed by atoms with Crippen LogP contribution >= 0.6 is 0 Å². The van der Waals surface area contributed by atoms with E-state index in [1.807, 2.05) is 12.1 Å². The summed E-state index contributed by atoms with van der Waals surface area (Å²) >= 11 is 0. The van der Waals surface area contributed by atoms with Gasteiger partial charge in [-0.3, -0.25) is 0 Å². The van der Waals surface area contributed by atoms with Gasteiger partial charge in [-0.1, -0.05) is 6.08 Å². The van der Waals surface area contributed by atoms with E-state index in [1.165, 1.54) is 0 Å². The molecule has 0 aliphatic carbocycles. The van der Waals surface area contributed by atoms with Crippen molar-refractivity contribution in [2.75, 3.05) is 25.6 Å². The first-order valence-corrected chi connectivity index (χ1v) is 9.11. The van der Waals surface area contributed by atoms with Gasteiger partial charge < -0.3 is 25.7 Å². The highest BCUT2D eigenvalue weighted by atomic mass is 19.1. The van der Waals surface area contributed by atoms with Crippen molar-refractivity contribution in [1.29, 1.82) is 0 Å². The maximum Gasteiger partial charge on any atom is 0.283 e. The smallest absolute Gasteiger partial charge is 0.283 e. The predicted octanol–water partition coefficient (Wildman–Crippen LogP) is 2.69. The second-order valence-corrected chi connectivity index (χ2v) is 7.01. The third-order valence-corrected chi connectivity index (χ3v) is 5.29. The number of benzene rings is 1. The predicted molar refractivity (Wildman–Crippen MR) is 102 cm³/mol. The van der Waals surface area contributed by atoms with Crippen molar-refractivity contribution in [3.63, 3.8) is 0 Å². The highest BCUT2D eigenvalue weighted by molar-refractivity contribution is 5.76. The van der Waals surface area contributed by atoms with E-state index in [9.17, 15) is 0 Å². The number of anilines is 1. The van der Waals surface area contributed by atoms with Crippen LogP contribution in [0.4, 0.5) is 10.1 Å². The van der Waals surface area contributed by atoms with Gasteiger partial charge in [-0.15, -0.1) is 0 Å². The number of hydrogen-bond acceptors (Lipinski definition) is 7. The molecule has 1 unspecified atom stereocenters. The maximum atomic E-state index is 15.1. The van der Waals surface area contributed by atoms with Crippen LogP contribution in [0.3, 0.4) is 0 Å². The van der Waals surface area contributed by atoms with Gasteiger partial charge in [0.25, 0.3) is 12.0 Å². The van der Waals surface area contributed by atoms with Gasteiger partial charge in [-0.2, -0.15) is 4.39 Å². The lowest BCUT2D eigenvalue weighted by Gasteiger charge is -2.39. The Morgan fingerprint density at radius 1 is 1.11 bits per heavy atom. The third-order valence-electron chi connectivity index (χ3n) is 5.29. The zero-order valence-electron chi connectivity index (χ0n) is 15.1. The molecule has 1 aromatic heterocycles. The number of aromatic nitrogens is 1. The molecule has 0 saturated heterocycles. The topological polar surface area (TPSA) is 105 Å². The largest absolute Gasteiger partial charge is 0.465 e. The number of nitrogens with two attached hydrogens (primary N) is 2. The lowest BCUT2D eigenvalue weighted by atomic mass is 9.77. The lowest BCUT2D eigenvalue weighted by molar-refractivity contribution is 0.164. The Labute approximate surface area is 160 Å². The number of halogens is 1. The molecule has 5 rings (SSSR count). The molecule has 2 aromatic rings. The van der Waals surface area contributed by atoms with Gasteiger partial charge in [-0.25, -0.2) is 9.98 Å². The van der Waals surface area contributed by atoms with Gasteiger partial charge in [0.15, 0.2) is 5.75 Å². The molecule has 8 heteroatoms. The van der Waals surface area contributed by atoms with Crippen molar-refractivity contribution in [3.8, 4) is 11.5 Å². The Morgan fingerprint density at radius 3 is 2.79 bits per heavy atom. The Kier molecular flexibility index (Phi) is 3.77. The SMILES string of the molecule is NC1=NC2(CCO1)c1cc(N)ccc1Oc1c2cc(C2=CCCOC2)nc1F. The minimum atomic E-state index is -0.949. The summed E-state index contributed by atoms with van der Waals surface area (Å²) in [7, 11) is 0. The first-order chi connectivity index (χ1) is 13.6. The first kappa shape index (κ1) is 17.0. The molecule has 1 atom stereocenters. The van der Waals surface area contributed by atoms with E-state index < -0.39 is 11.5 Å². The average Bonchev–Trinajstić information content (AvgIpc) is 2.70. The quantitative estimate of drug-likeness (QED) is 0.580. The number of nitrogens with zero attached hydrogens (tertiary/aromatic N) is 2. The van der Waals surface area contributed by atoms with Crippen molar-refractivity contribution in [1.82, 2.24) is 4.98 Å². The zero-order chi connectivity index (χ0) is 19.3. The lowest BCUT2D eigenvalue weighted by Crippen LogP contribution is -2.39. The van der Waals surface area contributed by atoms with E-state index in [4.69, 9.17) is 25.7 Å². The minimum Gasteiger partial charge on any atom is -0.465 e. The van der Waals surface area contributed by atoms with Crippen LogP contribution in [-0.2, 0) is 15.0 Å². The summed E-state index contributed by atoms with van der Waals surface area (Å²) in [4.78, 5) is 8.74. The highest BCUT2D eigenvalue weighted by Crippen LogP contribution is 2.53. The van der Waals surface area contributed by atoms with E-state index >= 15 is 4.39 Å². The average molecular weight is 382 g/mol. The van der Waals surface area contributed by atoms with Gasteiger partial charge in [0.1, 0.15) is 11.3 Å². The van der Waals surface area contributed by atoms with Gasteiger partial charge >= 0.3 is 0 Å². The molecule has 0 saturated carbocycles. The van der Waals surface area contributed by atoms with E-state index in [-0.39, 0.29) is 11.8 Å². The fourth-order valence-electron chi connectivity index (χ4n) is 3.99. The Hall–Kier alpha value is -3.13. The van der Waals surface area contributed by atoms with Gasteiger partial charge in [0.05, 0.1) is 25.5 Å². The normalized spacial score (nSPS) is 23.0. The number of nitrogen functional groups attached to an aromatic ring is 1. The highest BCUT2D eigenvalue weighted by Gasteiger charge is 2.46. The van der Waals surface area contributed by atoms with Crippen molar-refractivity contribution in [2.45, 2.75) is 18.4 Å². The van der Waals surface area contributed by atoms with E-state index in [2.05, 4.69) is 9.98 Å². The molecule has 1 spiro atoms. The molecule has 28 heavy (non-hydrogen) atoms. The molecule has 1 aromatic carbocycles. The Morgan fingerprint density at radius 2 is 2.00 bits per heavy atom. The zero-order valence-corrected chi connectivity index (χ0v) is 15.1. The van der Waals surface area contributed by atoms with Crippen LogP contribution < -0.4 is 16.2 Å². The van der Waals surface area contributed by atoms with E-state index in [1.54, 1.807) is 18.2 Å². The van der Waals surface area contributed by atoms with Crippen LogP contribution in [0.1, 0.15) is 29.7 Å². The van der Waals surface area contributed by atoms with Crippen molar-refractivity contribution in [2.24, 2.45) is 10.7 Å². The summed E-state index contributed by atoms with van der Waals surface area (Å²) in [6.07, 6.45) is 3.25. The molecule has 3 aliphatic rings. The van der Waals surface area contributed by atoms with Gasteiger partial charge in [0, 0.05) is 23.2 Å². The minimum absolute atomic E-state index is 0.0476. The van der Waals surface area contributed by atoms with Crippen molar-refractivity contribution in [3.05, 3.63) is 53.1 Å². The number of fused-ring (bicyclic) bond motifs is 4. The maximum absolute atomic E-state index is 15.1. The van der Waals surface area contributed by atoms with Crippen molar-refractivity contribution < 1.29 is 18.6 Å². The molecule has 4 N–H and O–H groups in total. The van der Waals surface area contributed by atoms with Crippen LogP contribution in [0.15, 0.2) is 35.3 Å². The second-order valence-electron chi connectivity index (χ2n) is 7.01. The fraction of sp³-hybridized carbons (Fsp3) is 0.300. The molecule has 7 nitrogen and oxygen atoms in total. The second kappa shape index (κ2) is 6.20. The van der Waals surface area contributed by atoms with Crippen molar-refractivity contribution >= 4 is 17.3 Å². The van der Waals surface area contributed by atoms with Crippen LogP contribution in [0, 0.1) is 5.95 Å². The molecule has 0 bridgehead atoms. The number of hydrogen-bond donors (Lipinski definition) is 2. The summed E-state index contributed by atoms with van der Waals surface area (Å²) < 4.78 is 31.8. The van der Waals surface area contributed by atoms with E-state index in [0.29, 0.717) is 48.9 Å². The molecule has 4 heterocycles. The molecule has 0 radical (unpaired) electrons. The monoisotopic (exact) mass is 382 g/mol. The number of aliphatic imine (C=N–C) groups is 1. The molecular weight excluding hydrogens is 363 g/mol. The Bertz CT molecular complexity index is 1040.